The van der Waals surface area contributed by atoms with Crippen LogP contribution in [0.3, 0.4) is 0 Å². The number of hydrogen-bond acceptors (Lipinski definition) is 4. The monoisotopic (exact) mass is 280 g/mol. The lowest BCUT2D eigenvalue weighted by atomic mass is 10.0. The van der Waals surface area contributed by atoms with Crippen LogP contribution in [0.25, 0.3) is 0 Å². The van der Waals surface area contributed by atoms with Crippen molar-refractivity contribution in [3.05, 3.63) is 11.4 Å². The van der Waals surface area contributed by atoms with Crippen molar-refractivity contribution in [2.45, 2.75) is 51.7 Å². The molecule has 1 aliphatic rings. The zero-order valence-corrected chi connectivity index (χ0v) is 12.5. The first kappa shape index (κ1) is 14.8. The minimum atomic E-state index is -0.710. The van der Waals surface area contributed by atoms with Gasteiger partial charge in [-0.15, -0.1) is 0 Å². The predicted octanol–water partition coefficient (Wildman–Crippen LogP) is 0.846. The Balaban J connectivity index is 1.98. The maximum atomic E-state index is 12.2. The summed E-state index contributed by atoms with van der Waals surface area (Å²) in [5.41, 5.74) is 7.34. The van der Waals surface area contributed by atoms with Crippen LogP contribution in [0, 0.1) is 13.8 Å². The fraction of sp³-hybridized carbons (Fsp3) is 0.714. The van der Waals surface area contributed by atoms with Crippen molar-refractivity contribution in [3.8, 4) is 0 Å². The first-order chi connectivity index (χ1) is 9.32. The fourth-order valence-electron chi connectivity index (χ4n) is 2.83. The van der Waals surface area contributed by atoms with Crippen molar-refractivity contribution in [1.29, 1.82) is 0 Å². The van der Waals surface area contributed by atoms with E-state index < -0.39 is 5.60 Å². The number of aryl methyl sites for hydroxylation is 1. The van der Waals surface area contributed by atoms with Gasteiger partial charge in [-0.05, 0) is 26.7 Å². The summed E-state index contributed by atoms with van der Waals surface area (Å²) in [6, 6.07) is 0. The van der Waals surface area contributed by atoms with Crippen LogP contribution in [0.4, 0.5) is 5.69 Å². The van der Waals surface area contributed by atoms with Crippen molar-refractivity contribution in [1.82, 2.24) is 14.7 Å². The topological polar surface area (TPSA) is 84.4 Å². The second kappa shape index (κ2) is 5.44. The SMILES string of the molecule is Cc1nn(CC(=O)N(C)CC2(O)CCCC2)c(C)c1N. The standard InChI is InChI=1S/C14H24N4O2/c1-10-13(15)11(2)18(16-10)8-12(19)17(3)9-14(20)6-4-5-7-14/h20H,4-9,15H2,1-3H3. The summed E-state index contributed by atoms with van der Waals surface area (Å²) in [6.07, 6.45) is 3.62. The molecule has 1 aliphatic carbocycles. The normalized spacial score (nSPS) is 17.4. The number of nitrogens with two attached hydrogens (primary N) is 1. The number of carbonyl (C=O) groups is 1. The summed E-state index contributed by atoms with van der Waals surface area (Å²) in [5.74, 6) is -0.0593. The molecule has 112 valence electrons. The van der Waals surface area contributed by atoms with Gasteiger partial charge in [-0.25, -0.2) is 0 Å². The number of amides is 1. The molecule has 0 atom stereocenters. The number of hydrogen-bond donors (Lipinski definition) is 2. The third kappa shape index (κ3) is 2.95. The lowest BCUT2D eigenvalue weighted by molar-refractivity contribution is -0.134. The minimum absolute atomic E-state index is 0.0593. The quantitative estimate of drug-likeness (QED) is 0.856. The van der Waals surface area contributed by atoms with Gasteiger partial charge >= 0.3 is 0 Å². The van der Waals surface area contributed by atoms with Crippen molar-refractivity contribution in [2.24, 2.45) is 0 Å². The van der Waals surface area contributed by atoms with Gasteiger partial charge in [-0.3, -0.25) is 9.48 Å². The van der Waals surface area contributed by atoms with Crippen LogP contribution in [0.1, 0.15) is 37.1 Å². The first-order valence-corrected chi connectivity index (χ1v) is 7.08. The number of anilines is 1. The van der Waals surface area contributed by atoms with Crippen molar-refractivity contribution >= 4 is 11.6 Å². The van der Waals surface area contributed by atoms with Crippen LogP contribution in [-0.2, 0) is 11.3 Å². The molecule has 0 bridgehead atoms. The van der Waals surface area contributed by atoms with E-state index in [1.165, 1.54) is 0 Å². The zero-order chi connectivity index (χ0) is 14.9. The lowest BCUT2D eigenvalue weighted by Crippen LogP contribution is -2.43. The zero-order valence-electron chi connectivity index (χ0n) is 12.5. The lowest BCUT2D eigenvalue weighted by Gasteiger charge is -2.28. The summed E-state index contributed by atoms with van der Waals surface area (Å²) in [6.45, 7) is 4.23. The van der Waals surface area contributed by atoms with E-state index in [0.717, 1.165) is 37.1 Å². The Morgan fingerprint density at radius 1 is 1.45 bits per heavy atom. The molecule has 1 aromatic heterocycles. The number of aliphatic hydroxyl groups is 1. The molecule has 1 saturated carbocycles. The average molecular weight is 280 g/mol. The number of aromatic nitrogens is 2. The highest BCUT2D eigenvalue weighted by molar-refractivity contribution is 5.76. The van der Waals surface area contributed by atoms with Crippen LogP contribution in [0.15, 0.2) is 0 Å². The molecule has 0 unspecified atom stereocenters. The molecule has 0 aliphatic heterocycles. The van der Waals surface area contributed by atoms with E-state index in [4.69, 9.17) is 5.73 Å². The molecule has 20 heavy (non-hydrogen) atoms. The molecule has 0 spiro atoms. The maximum absolute atomic E-state index is 12.2. The van der Waals surface area contributed by atoms with E-state index in [1.807, 2.05) is 13.8 Å². The van der Waals surface area contributed by atoms with Crippen LogP contribution in [-0.4, -0.2) is 44.9 Å². The van der Waals surface area contributed by atoms with Crippen molar-refractivity contribution < 1.29 is 9.90 Å². The number of nitrogens with zero attached hydrogens (tertiary/aromatic N) is 3. The van der Waals surface area contributed by atoms with Gasteiger partial charge in [-0.2, -0.15) is 5.10 Å². The first-order valence-electron chi connectivity index (χ1n) is 7.08. The molecule has 6 nitrogen and oxygen atoms in total. The van der Waals surface area contributed by atoms with Gasteiger partial charge < -0.3 is 15.7 Å². The van der Waals surface area contributed by atoms with Crippen LogP contribution in [0.2, 0.25) is 0 Å². The minimum Gasteiger partial charge on any atom is -0.396 e. The predicted molar refractivity (Wildman–Crippen MR) is 77.2 cm³/mol. The molecule has 3 N–H and O–H groups in total. The summed E-state index contributed by atoms with van der Waals surface area (Å²) in [5, 5.41) is 14.6. The summed E-state index contributed by atoms with van der Waals surface area (Å²) in [4.78, 5) is 13.8. The Bertz CT molecular complexity index is 504. The highest BCUT2D eigenvalue weighted by Gasteiger charge is 2.33. The Morgan fingerprint density at radius 2 is 2.05 bits per heavy atom. The van der Waals surface area contributed by atoms with Gasteiger partial charge in [0.2, 0.25) is 5.91 Å². The molecular weight excluding hydrogens is 256 g/mol. The third-order valence-corrected chi connectivity index (χ3v) is 4.21. The summed E-state index contributed by atoms with van der Waals surface area (Å²) in [7, 11) is 1.73. The van der Waals surface area contributed by atoms with E-state index in [9.17, 15) is 9.90 Å². The fourth-order valence-corrected chi connectivity index (χ4v) is 2.83. The largest absolute Gasteiger partial charge is 0.396 e. The highest BCUT2D eigenvalue weighted by Crippen LogP contribution is 2.30. The Hall–Kier alpha value is -1.56. The number of nitrogen functional groups attached to an aromatic ring is 1. The Morgan fingerprint density at radius 3 is 2.55 bits per heavy atom. The van der Waals surface area contributed by atoms with Crippen LogP contribution in [0.5, 0.6) is 0 Å². The molecule has 1 aromatic rings. The molecule has 0 radical (unpaired) electrons. The van der Waals surface area contributed by atoms with Crippen molar-refractivity contribution in [2.75, 3.05) is 19.3 Å². The summed E-state index contributed by atoms with van der Waals surface area (Å²) < 4.78 is 1.63. The number of carbonyl (C=O) groups excluding carboxylic acids is 1. The number of likely N-dealkylation sites (N-methyl/N-ethyl adjacent to an activating group) is 1. The molecule has 2 rings (SSSR count). The number of rotatable bonds is 4. The molecule has 1 heterocycles. The second-order valence-corrected chi connectivity index (χ2v) is 5.92. The highest BCUT2D eigenvalue weighted by atomic mass is 16.3. The van der Waals surface area contributed by atoms with Gasteiger partial charge in [0, 0.05) is 13.6 Å². The van der Waals surface area contributed by atoms with E-state index in [-0.39, 0.29) is 12.5 Å². The molecule has 0 aromatic carbocycles. The van der Waals surface area contributed by atoms with Gasteiger partial charge in [-0.1, -0.05) is 12.8 Å². The molecule has 6 heteroatoms. The van der Waals surface area contributed by atoms with Crippen molar-refractivity contribution in [3.63, 3.8) is 0 Å². The summed E-state index contributed by atoms with van der Waals surface area (Å²) >= 11 is 0. The van der Waals surface area contributed by atoms with Gasteiger partial charge in [0.05, 0.1) is 22.7 Å². The third-order valence-electron chi connectivity index (χ3n) is 4.21. The molecular formula is C14H24N4O2. The maximum Gasteiger partial charge on any atom is 0.244 e. The molecule has 1 fully saturated rings. The van der Waals surface area contributed by atoms with Gasteiger partial charge in [0.15, 0.2) is 0 Å². The Kier molecular flexibility index (Phi) is 4.04. The van der Waals surface area contributed by atoms with Crippen LogP contribution >= 0.6 is 0 Å². The Labute approximate surface area is 119 Å². The van der Waals surface area contributed by atoms with E-state index in [2.05, 4.69) is 5.10 Å². The van der Waals surface area contributed by atoms with Crippen LogP contribution < -0.4 is 5.73 Å². The van der Waals surface area contributed by atoms with Gasteiger partial charge in [0.25, 0.3) is 0 Å². The molecule has 1 amide bonds. The second-order valence-electron chi connectivity index (χ2n) is 5.92. The van der Waals surface area contributed by atoms with E-state index in [0.29, 0.717) is 12.2 Å². The van der Waals surface area contributed by atoms with E-state index >= 15 is 0 Å². The average Bonchev–Trinajstić information content (AvgIpc) is 2.90. The van der Waals surface area contributed by atoms with Gasteiger partial charge in [0.1, 0.15) is 6.54 Å². The smallest absolute Gasteiger partial charge is 0.244 e. The molecule has 0 saturated heterocycles. The van der Waals surface area contributed by atoms with E-state index in [1.54, 1.807) is 16.6 Å².